The molecule has 96 valence electrons. The number of halogens is 2. The van der Waals surface area contributed by atoms with E-state index in [0.29, 0.717) is 12.5 Å². The summed E-state index contributed by atoms with van der Waals surface area (Å²) in [4.78, 5) is 3.97. The summed E-state index contributed by atoms with van der Waals surface area (Å²) in [5, 5.41) is 3.05. The van der Waals surface area contributed by atoms with Crippen molar-refractivity contribution in [1.82, 2.24) is 4.98 Å². The zero-order chi connectivity index (χ0) is 12.8. The van der Waals surface area contributed by atoms with Gasteiger partial charge in [-0.05, 0) is 12.8 Å². The van der Waals surface area contributed by atoms with Gasteiger partial charge in [0.1, 0.15) is 5.03 Å². The number of thioether (sulfide) groups is 1. The smallest absolute Gasteiger partial charge is 0.168 e. The average molecular weight is 260 g/mol. The molecule has 0 aliphatic carbocycles. The van der Waals surface area contributed by atoms with Crippen LogP contribution >= 0.6 is 11.8 Å². The maximum atomic E-state index is 13.5. The van der Waals surface area contributed by atoms with Gasteiger partial charge in [-0.2, -0.15) is 0 Å². The van der Waals surface area contributed by atoms with Crippen molar-refractivity contribution in [3.05, 3.63) is 17.7 Å². The lowest BCUT2D eigenvalue weighted by Crippen LogP contribution is -2.05. The minimum atomic E-state index is -0.641. The van der Waals surface area contributed by atoms with Crippen LogP contribution in [-0.2, 0) is 0 Å². The van der Waals surface area contributed by atoms with Crippen molar-refractivity contribution >= 4 is 17.6 Å². The van der Waals surface area contributed by atoms with Crippen molar-refractivity contribution in [2.45, 2.75) is 32.2 Å². The van der Waals surface area contributed by atoms with Gasteiger partial charge in [0.15, 0.2) is 17.5 Å². The Morgan fingerprint density at radius 1 is 1.35 bits per heavy atom. The van der Waals surface area contributed by atoms with Crippen molar-refractivity contribution in [3.8, 4) is 0 Å². The van der Waals surface area contributed by atoms with Gasteiger partial charge in [-0.15, -0.1) is 11.8 Å². The highest BCUT2D eigenvalue weighted by atomic mass is 32.2. The Morgan fingerprint density at radius 3 is 2.65 bits per heavy atom. The maximum Gasteiger partial charge on any atom is 0.168 e. The molecule has 1 N–H and O–H groups in total. The third-order valence-electron chi connectivity index (χ3n) is 2.44. The van der Waals surface area contributed by atoms with E-state index < -0.39 is 11.6 Å². The molecular weight excluding hydrogens is 242 g/mol. The van der Waals surface area contributed by atoms with Gasteiger partial charge >= 0.3 is 0 Å². The molecule has 0 amide bonds. The van der Waals surface area contributed by atoms with Gasteiger partial charge in [0, 0.05) is 18.4 Å². The first-order chi connectivity index (χ1) is 8.08. The van der Waals surface area contributed by atoms with Crippen LogP contribution in [-0.4, -0.2) is 17.3 Å². The summed E-state index contributed by atoms with van der Waals surface area (Å²) in [5.74, 6) is 0.182. The number of rotatable bonds is 6. The van der Waals surface area contributed by atoms with Crippen LogP contribution in [0.3, 0.4) is 0 Å². The molecule has 1 unspecified atom stereocenters. The van der Waals surface area contributed by atoms with Crippen LogP contribution in [0.2, 0.25) is 0 Å². The second-order valence-electron chi connectivity index (χ2n) is 3.96. The molecule has 1 heterocycles. The van der Waals surface area contributed by atoms with Crippen LogP contribution in [0.15, 0.2) is 11.1 Å². The number of nitrogens with zero attached hydrogens (tertiary/aromatic N) is 1. The van der Waals surface area contributed by atoms with Gasteiger partial charge in [0.25, 0.3) is 0 Å². The molecule has 0 radical (unpaired) electrons. The predicted octanol–water partition coefficient (Wildman–Crippen LogP) is 3.93. The van der Waals surface area contributed by atoms with Crippen molar-refractivity contribution in [1.29, 1.82) is 0 Å². The van der Waals surface area contributed by atoms with Crippen LogP contribution in [0.5, 0.6) is 0 Å². The number of pyridine rings is 1. The van der Waals surface area contributed by atoms with E-state index in [1.54, 1.807) is 0 Å². The summed E-state index contributed by atoms with van der Waals surface area (Å²) in [6, 6.07) is 0.893. The van der Waals surface area contributed by atoms with Gasteiger partial charge in [0.05, 0.1) is 0 Å². The highest BCUT2D eigenvalue weighted by molar-refractivity contribution is 7.99. The van der Waals surface area contributed by atoms with E-state index in [1.165, 1.54) is 11.8 Å². The Bertz CT molecular complexity index is 372. The van der Waals surface area contributed by atoms with Crippen LogP contribution < -0.4 is 5.32 Å². The number of hydrogen-bond donors (Lipinski definition) is 1. The zero-order valence-corrected chi connectivity index (χ0v) is 11.2. The minimum Gasteiger partial charge on any atom is -0.368 e. The molecule has 17 heavy (non-hydrogen) atoms. The molecule has 0 aromatic carbocycles. The highest BCUT2D eigenvalue weighted by Crippen LogP contribution is 2.26. The highest BCUT2D eigenvalue weighted by Gasteiger charge is 2.12. The van der Waals surface area contributed by atoms with Crippen LogP contribution in [0, 0.1) is 17.6 Å². The maximum absolute atomic E-state index is 13.5. The van der Waals surface area contributed by atoms with E-state index in [4.69, 9.17) is 0 Å². The van der Waals surface area contributed by atoms with E-state index in [9.17, 15) is 8.78 Å². The average Bonchev–Trinajstić information content (AvgIpc) is 2.30. The van der Waals surface area contributed by atoms with Gasteiger partial charge in [-0.3, -0.25) is 0 Å². The third-order valence-corrected chi connectivity index (χ3v) is 3.74. The van der Waals surface area contributed by atoms with Gasteiger partial charge in [-0.1, -0.05) is 20.3 Å². The fourth-order valence-corrected chi connectivity index (χ4v) is 2.21. The van der Waals surface area contributed by atoms with E-state index >= 15 is 0 Å². The van der Waals surface area contributed by atoms with Gasteiger partial charge < -0.3 is 5.32 Å². The lowest BCUT2D eigenvalue weighted by atomic mass is 10.2. The normalized spacial score (nSPS) is 12.5. The molecule has 1 atom stereocenters. The molecule has 0 bridgehead atoms. The summed E-state index contributed by atoms with van der Waals surface area (Å²) in [6.45, 7) is 6.59. The Morgan fingerprint density at radius 2 is 2.06 bits per heavy atom. The molecule has 1 rings (SSSR count). The molecule has 0 spiro atoms. The van der Waals surface area contributed by atoms with Crippen LogP contribution in [0.1, 0.15) is 27.2 Å². The minimum absolute atomic E-state index is 0.126. The number of nitrogens with one attached hydrogen (secondary N) is 1. The Kier molecular flexibility index (Phi) is 5.68. The van der Waals surface area contributed by atoms with E-state index in [1.807, 2.05) is 6.92 Å². The van der Waals surface area contributed by atoms with Crippen LogP contribution in [0.25, 0.3) is 0 Å². The standard InChI is InChI=1S/C12H18F2N2S/c1-4-8(3)7-17-12-10(14)6-9(13)11(16-12)15-5-2/h6,8H,4-5,7H2,1-3H3,(H,15,16). The molecule has 1 aromatic heterocycles. The summed E-state index contributed by atoms with van der Waals surface area (Å²) in [7, 11) is 0. The molecule has 0 saturated heterocycles. The summed E-state index contributed by atoms with van der Waals surface area (Å²) < 4.78 is 26.8. The Balaban J connectivity index is 2.80. The fourth-order valence-electron chi connectivity index (χ4n) is 1.18. The number of aromatic nitrogens is 1. The monoisotopic (exact) mass is 260 g/mol. The topological polar surface area (TPSA) is 24.9 Å². The molecule has 2 nitrogen and oxygen atoms in total. The largest absolute Gasteiger partial charge is 0.368 e. The van der Waals surface area contributed by atoms with E-state index in [2.05, 4.69) is 24.1 Å². The number of anilines is 1. The zero-order valence-electron chi connectivity index (χ0n) is 10.4. The Hall–Kier alpha value is -0.840. The van der Waals surface area contributed by atoms with Crippen LogP contribution in [0.4, 0.5) is 14.6 Å². The van der Waals surface area contributed by atoms with Crippen molar-refractivity contribution in [3.63, 3.8) is 0 Å². The first-order valence-corrected chi connectivity index (χ1v) is 6.79. The third kappa shape index (κ3) is 4.15. The molecule has 1 aromatic rings. The molecule has 0 fully saturated rings. The lowest BCUT2D eigenvalue weighted by Gasteiger charge is -2.10. The summed E-state index contributed by atoms with van der Waals surface area (Å²) >= 11 is 1.34. The first kappa shape index (κ1) is 14.2. The predicted molar refractivity (Wildman–Crippen MR) is 68.5 cm³/mol. The van der Waals surface area contributed by atoms with E-state index in [0.717, 1.165) is 18.2 Å². The molecule has 0 saturated carbocycles. The fraction of sp³-hybridized carbons (Fsp3) is 0.583. The van der Waals surface area contributed by atoms with E-state index in [-0.39, 0.29) is 10.8 Å². The van der Waals surface area contributed by atoms with Crippen molar-refractivity contribution in [2.24, 2.45) is 5.92 Å². The lowest BCUT2D eigenvalue weighted by molar-refractivity contribution is 0.550. The SMILES string of the molecule is CCNc1nc(SCC(C)CC)c(F)cc1F. The van der Waals surface area contributed by atoms with Gasteiger partial charge in [0.2, 0.25) is 0 Å². The quantitative estimate of drug-likeness (QED) is 0.784. The van der Waals surface area contributed by atoms with Crippen molar-refractivity contribution < 1.29 is 8.78 Å². The first-order valence-electron chi connectivity index (χ1n) is 5.81. The molecular formula is C12H18F2N2S. The molecule has 5 heteroatoms. The second-order valence-corrected chi connectivity index (χ2v) is 4.97. The summed E-state index contributed by atoms with van der Waals surface area (Å²) in [6.07, 6.45) is 1.04. The Labute approximate surface area is 105 Å². The number of hydrogen-bond acceptors (Lipinski definition) is 3. The second kappa shape index (κ2) is 6.79. The molecule has 0 aliphatic rings. The van der Waals surface area contributed by atoms with Crippen molar-refractivity contribution in [2.75, 3.05) is 17.6 Å². The van der Waals surface area contributed by atoms with Gasteiger partial charge in [-0.25, -0.2) is 13.8 Å². The summed E-state index contributed by atoms with van der Waals surface area (Å²) in [5.41, 5.74) is 0. The molecule has 0 aliphatic heterocycles.